The molecule has 0 spiro atoms. The molecule has 36 heavy (non-hydrogen) atoms. The van der Waals surface area contributed by atoms with Gasteiger partial charge in [0.25, 0.3) is 9.84 Å². The molecule has 200 valence electrons. The van der Waals surface area contributed by atoms with Crippen molar-refractivity contribution in [1.82, 2.24) is 4.90 Å². The van der Waals surface area contributed by atoms with E-state index in [0.717, 1.165) is 17.0 Å². The summed E-state index contributed by atoms with van der Waals surface area (Å²) in [7, 11) is -10.3. The maximum Gasteiger partial charge on any atom is 0.501 e. The van der Waals surface area contributed by atoms with Crippen LogP contribution in [0, 0.1) is 0 Å². The summed E-state index contributed by atoms with van der Waals surface area (Å²) in [5, 5.41) is 17.7. The normalized spacial score (nSPS) is 17.1. The van der Waals surface area contributed by atoms with E-state index in [0.29, 0.717) is 50.7 Å². The number of nitrogens with one attached hydrogen (secondary N) is 1. The van der Waals surface area contributed by atoms with Crippen molar-refractivity contribution in [1.29, 1.82) is 0 Å². The summed E-state index contributed by atoms with van der Waals surface area (Å²) in [6, 6.07) is 11.3. The number of benzene rings is 2. The molecule has 3 rings (SSSR count). The fourth-order valence-corrected chi connectivity index (χ4v) is 6.31. The van der Waals surface area contributed by atoms with E-state index in [1.165, 1.54) is 11.8 Å². The molecule has 0 bridgehead atoms. The Bertz CT molecular complexity index is 1230. The standard InChI is InChI=1S/C22H28F3N3O5S3/c23-22(24,25)35(30,31)21-14-19(36(26,32)33)6-7-20(21)27-16(15-34-18-4-2-1-3-5-18)8-11-28-12-9-17(29)10-13-28/h1-7,14,16-17,27,29H,8-13,15H2,(H2,26,32,33). The SMILES string of the molecule is NS(=O)(=O)c1ccc(NC(CCN2CCC(O)CC2)CSc2ccccc2)c(S(=O)(=O)C(F)(F)F)c1. The first kappa shape index (κ1) is 28.7. The number of alkyl halides is 3. The molecule has 1 unspecified atom stereocenters. The van der Waals surface area contributed by atoms with Crippen LogP contribution in [0.5, 0.6) is 0 Å². The minimum Gasteiger partial charge on any atom is -0.393 e. The number of nitrogens with two attached hydrogens (primary N) is 1. The van der Waals surface area contributed by atoms with Crippen molar-refractivity contribution in [2.75, 3.05) is 30.7 Å². The number of halogens is 3. The number of piperidine rings is 1. The van der Waals surface area contributed by atoms with Crippen LogP contribution in [0.25, 0.3) is 0 Å². The van der Waals surface area contributed by atoms with Crippen molar-refractivity contribution in [3.63, 3.8) is 0 Å². The van der Waals surface area contributed by atoms with Gasteiger partial charge in [-0.15, -0.1) is 11.8 Å². The topological polar surface area (TPSA) is 130 Å². The van der Waals surface area contributed by atoms with Crippen LogP contribution in [0.15, 0.2) is 63.2 Å². The van der Waals surface area contributed by atoms with Gasteiger partial charge < -0.3 is 15.3 Å². The number of nitrogens with zero attached hydrogens (tertiary/aromatic N) is 1. The highest BCUT2D eigenvalue weighted by Gasteiger charge is 2.48. The van der Waals surface area contributed by atoms with Gasteiger partial charge in [0.15, 0.2) is 0 Å². The van der Waals surface area contributed by atoms with Crippen LogP contribution in [0.2, 0.25) is 0 Å². The van der Waals surface area contributed by atoms with Gasteiger partial charge in [0.2, 0.25) is 10.0 Å². The lowest BCUT2D eigenvalue weighted by Crippen LogP contribution is -2.38. The summed E-state index contributed by atoms with van der Waals surface area (Å²) in [5.74, 6) is 0.406. The number of aliphatic hydroxyl groups is 1. The summed E-state index contributed by atoms with van der Waals surface area (Å²) in [6.45, 7) is 1.93. The summed E-state index contributed by atoms with van der Waals surface area (Å²) in [6.07, 6.45) is 1.37. The van der Waals surface area contributed by atoms with E-state index in [1.54, 1.807) is 0 Å². The van der Waals surface area contributed by atoms with Crippen LogP contribution >= 0.6 is 11.8 Å². The molecule has 1 fully saturated rings. The molecule has 2 aromatic carbocycles. The van der Waals surface area contributed by atoms with Crippen molar-refractivity contribution < 1.29 is 35.1 Å². The lowest BCUT2D eigenvalue weighted by Gasteiger charge is -2.31. The number of hydrogen-bond donors (Lipinski definition) is 3. The minimum atomic E-state index is -5.87. The first-order valence-corrected chi connectivity index (χ1v) is 15.1. The molecule has 0 aromatic heterocycles. The monoisotopic (exact) mass is 567 g/mol. The van der Waals surface area contributed by atoms with Gasteiger partial charge in [-0.05, 0) is 49.6 Å². The van der Waals surface area contributed by atoms with Gasteiger partial charge in [-0.25, -0.2) is 22.0 Å². The lowest BCUT2D eigenvalue weighted by molar-refractivity contribution is -0.0435. The van der Waals surface area contributed by atoms with E-state index in [4.69, 9.17) is 5.14 Å². The second-order valence-electron chi connectivity index (χ2n) is 8.48. The third-order valence-electron chi connectivity index (χ3n) is 5.78. The molecule has 1 aliphatic heterocycles. The van der Waals surface area contributed by atoms with E-state index in [2.05, 4.69) is 10.2 Å². The number of likely N-dealkylation sites (tertiary alicyclic amines) is 1. The first-order valence-electron chi connectivity index (χ1n) is 11.1. The number of aliphatic hydroxyl groups excluding tert-OH is 1. The van der Waals surface area contributed by atoms with E-state index in [1.807, 2.05) is 30.3 Å². The number of rotatable bonds is 10. The van der Waals surface area contributed by atoms with E-state index < -0.39 is 41.2 Å². The molecule has 0 amide bonds. The molecule has 1 aliphatic rings. The molecule has 14 heteroatoms. The summed E-state index contributed by atoms with van der Waals surface area (Å²) in [4.78, 5) is 1.12. The van der Waals surface area contributed by atoms with Gasteiger partial charge in [-0.1, -0.05) is 18.2 Å². The number of sulfonamides is 1. The second kappa shape index (κ2) is 11.7. The molecule has 2 aromatic rings. The van der Waals surface area contributed by atoms with Gasteiger partial charge in [-0.3, -0.25) is 0 Å². The Labute approximate surface area is 213 Å². The van der Waals surface area contributed by atoms with Gasteiger partial charge >= 0.3 is 5.51 Å². The Morgan fingerprint density at radius 2 is 1.72 bits per heavy atom. The highest BCUT2D eigenvalue weighted by Crippen LogP contribution is 2.36. The summed E-state index contributed by atoms with van der Waals surface area (Å²) in [5.41, 5.74) is -5.99. The average Bonchev–Trinajstić information content (AvgIpc) is 2.81. The largest absolute Gasteiger partial charge is 0.501 e. The van der Waals surface area contributed by atoms with Gasteiger partial charge in [0, 0.05) is 36.3 Å². The van der Waals surface area contributed by atoms with Crippen molar-refractivity contribution in [3.8, 4) is 0 Å². The Hall–Kier alpha value is -1.84. The fraction of sp³-hybridized carbons (Fsp3) is 0.455. The third kappa shape index (κ3) is 7.59. The summed E-state index contributed by atoms with van der Waals surface area (Å²) >= 11 is 1.45. The van der Waals surface area contributed by atoms with Crippen LogP contribution in [0.1, 0.15) is 19.3 Å². The minimum absolute atomic E-state index is 0.351. The van der Waals surface area contributed by atoms with Crippen LogP contribution in [0.4, 0.5) is 18.9 Å². The Balaban J connectivity index is 1.89. The average molecular weight is 568 g/mol. The van der Waals surface area contributed by atoms with E-state index in [9.17, 15) is 35.1 Å². The van der Waals surface area contributed by atoms with Crippen molar-refractivity contribution in [2.45, 2.75) is 51.6 Å². The van der Waals surface area contributed by atoms with Crippen LogP contribution in [0.3, 0.4) is 0 Å². The zero-order valence-corrected chi connectivity index (χ0v) is 21.6. The number of thioether (sulfide) groups is 1. The zero-order chi connectivity index (χ0) is 26.6. The van der Waals surface area contributed by atoms with E-state index >= 15 is 0 Å². The predicted octanol–water partition coefficient (Wildman–Crippen LogP) is 3.05. The van der Waals surface area contributed by atoms with Crippen molar-refractivity contribution >= 4 is 37.3 Å². The first-order chi connectivity index (χ1) is 16.8. The number of primary sulfonamides is 1. The third-order valence-corrected chi connectivity index (χ3v) is 9.39. The quantitative estimate of drug-likeness (QED) is 0.374. The van der Waals surface area contributed by atoms with Crippen molar-refractivity contribution in [3.05, 3.63) is 48.5 Å². The zero-order valence-electron chi connectivity index (χ0n) is 19.2. The Morgan fingerprint density at radius 1 is 1.08 bits per heavy atom. The summed E-state index contributed by atoms with van der Waals surface area (Å²) < 4.78 is 88.3. The van der Waals surface area contributed by atoms with Crippen molar-refractivity contribution in [2.24, 2.45) is 5.14 Å². The molecular weight excluding hydrogens is 539 g/mol. The number of anilines is 1. The molecule has 1 heterocycles. The van der Waals surface area contributed by atoms with Gasteiger partial charge in [-0.2, -0.15) is 13.2 Å². The lowest BCUT2D eigenvalue weighted by atomic mass is 10.1. The van der Waals surface area contributed by atoms with Crippen LogP contribution in [-0.4, -0.2) is 69.9 Å². The fourth-order valence-electron chi connectivity index (χ4n) is 3.76. The molecule has 8 nitrogen and oxygen atoms in total. The van der Waals surface area contributed by atoms with E-state index in [-0.39, 0.29) is 11.8 Å². The predicted molar refractivity (Wildman–Crippen MR) is 132 cm³/mol. The second-order valence-corrected chi connectivity index (χ2v) is 13.0. The highest BCUT2D eigenvalue weighted by atomic mass is 32.2. The number of hydrogen-bond acceptors (Lipinski definition) is 8. The molecular formula is C22H28F3N3O5S3. The highest BCUT2D eigenvalue weighted by molar-refractivity contribution is 7.99. The van der Waals surface area contributed by atoms with Crippen LogP contribution < -0.4 is 10.5 Å². The maximum atomic E-state index is 13.4. The molecule has 1 saturated heterocycles. The molecule has 1 atom stereocenters. The van der Waals surface area contributed by atoms with Gasteiger partial charge in [0.1, 0.15) is 4.90 Å². The smallest absolute Gasteiger partial charge is 0.393 e. The molecule has 0 saturated carbocycles. The molecule has 4 N–H and O–H groups in total. The molecule has 0 aliphatic carbocycles. The Kier molecular flexibility index (Phi) is 9.33. The number of sulfone groups is 1. The van der Waals surface area contributed by atoms with Gasteiger partial charge in [0.05, 0.1) is 16.7 Å². The molecule has 0 radical (unpaired) electrons. The van der Waals surface area contributed by atoms with Crippen LogP contribution in [-0.2, 0) is 19.9 Å². The Morgan fingerprint density at radius 3 is 2.31 bits per heavy atom. The maximum absolute atomic E-state index is 13.4.